The fraction of sp³-hybridized carbons (Fsp3) is 0.727. The molecule has 0 radical (unpaired) electrons. The third-order valence-corrected chi connectivity index (χ3v) is 8.66. The van der Waals surface area contributed by atoms with Crippen molar-refractivity contribution in [1.82, 2.24) is 0 Å². The molecule has 0 aliphatic heterocycles. The number of carbonyl (C=O) groups excluding carboxylic acids is 2. The summed E-state index contributed by atoms with van der Waals surface area (Å²) >= 11 is 0. The van der Waals surface area contributed by atoms with Gasteiger partial charge in [-0.05, 0) is 80.3 Å². The van der Waals surface area contributed by atoms with E-state index >= 15 is 0 Å². The zero-order valence-electron chi connectivity index (χ0n) is 15.7. The third-order valence-electron chi connectivity index (χ3n) is 8.66. The number of aliphatic hydroxyl groups is 1. The van der Waals surface area contributed by atoms with E-state index in [0.717, 1.165) is 37.7 Å². The molecule has 0 aromatic carbocycles. The Kier molecular flexibility index (Phi) is 3.55. The molecule has 0 aromatic heterocycles. The summed E-state index contributed by atoms with van der Waals surface area (Å²) in [6.07, 6.45) is 7.77. The number of fused-ring (bicyclic) bond motifs is 5. The summed E-state index contributed by atoms with van der Waals surface area (Å²) < 4.78 is 0. The van der Waals surface area contributed by atoms with Crippen molar-refractivity contribution in [3.05, 3.63) is 23.8 Å². The van der Waals surface area contributed by atoms with Gasteiger partial charge in [-0.2, -0.15) is 0 Å². The molecular formula is C22H30O3. The van der Waals surface area contributed by atoms with Gasteiger partial charge in [0.25, 0.3) is 0 Å². The van der Waals surface area contributed by atoms with Crippen LogP contribution in [0.4, 0.5) is 0 Å². The molecule has 0 spiro atoms. The first-order chi connectivity index (χ1) is 11.6. The lowest BCUT2D eigenvalue weighted by molar-refractivity contribution is -0.159. The van der Waals surface area contributed by atoms with Gasteiger partial charge in [0.1, 0.15) is 5.60 Å². The van der Waals surface area contributed by atoms with Crippen LogP contribution in [-0.4, -0.2) is 22.3 Å². The molecular weight excluding hydrogens is 312 g/mol. The van der Waals surface area contributed by atoms with Gasteiger partial charge < -0.3 is 5.11 Å². The Balaban J connectivity index is 1.75. The minimum absolute atomic E-state index is 0.0339. The summed E-state index contributed by atoms with van der Waals surface area (Å²) in [5.74, 6) is 1.54. The Labute approximate surface area is 150 Å². The molecule has 4 rings (SSSR count). The smallest absolute Gasteiger partial charge is 0.161 e. The van der Waals surface area contributed by atoms with Crippen molar-refractivity contribution in [3.8, 4) is 0 Å². The van der Waals surface area contributed by atoms with Gasteiger partial charge >= 0.3 is 0 Å². The lowest BCUT2D eigenvalue weighted by atomic mass is 9.45. The van der Waals surface area contributed by atoms with Gasteiger partial charge in [0.2, 0.25) is 0 Å². The molecule has 0 saturated heterocycles. The molecule has 0 unspecified atom stereocenters. The predicted molar refractivity (Wildman–Crippen MR) is 96.9 cm³/mol. The lowest BCUT2D eigenvalue weighted by Crippen LogP contribution is -2.57. The van der Waals surface area contributed by atoms with Crippen LogP contribution in [0.1, 0.15) is 65.7 Å². The number of Topliss-reactive ketones (excluding diaryl/α,β-unsaturated/α-hetero) is 1. The number of ketones is 2. The summed E-state index contributed by atoms with van der Waals surface area (Å²) in [5.41, 5.74) is 0.852. The number of carbonyl (C=O) groups is 2. The van der Waals surface area contributed by atoms with Gasteiger partial charge in [0.05, 0.1) is 0 Å². The predicted octanol–water partition coefficient (Wildman–Crippen LogP) is 4.00. The SMILES string of the molecule is C=C1C[C@H]2[C@H]3CC[C@](O)(C(C)=O)[C@@]3(C)CC[C@H]2[C@]2(C)CCC(=O)C=C12. The molecule has 0 amide bonds. The molecule has 3 nitrogen and oxygen atoms in total. The summed E-state index contributed by atoms with van der Waals surface area (Å²) in [7, 11) is 0. The van der Waals surface area contributed by atoms with Crippen molar-refractivity contribution < 1.29 is 14.7 Å². The molecule has 0 bridgehead atoms. The number of allylic oxidation sites excluding steroid dienone is 2. The molecule has 0 aromatic rings. The van der Waals surface area contributed by atoms with Gasteiger partial charge in [-0.1, -0.05) is 26.0 Å². The van der Waals surface area contributed by atoms with Gasteiger partial charge in [-0.15, -0.1) is 0 Å². The summed E-state index contributed by atoms with van der Waals surface area (Å²) in [6.45, 7) is 10.3. The largest absolute Gasteiger partial charge is 0.382 e. The van der Waals surface area contributed by atoms with Crippen LogP contribution in [0.15, 0.2) is 23.8 Å². The second-order valence-corrected chi connectivity index (χ2v) is 9.54. The van der Waals surface area contributed by atoms with Gasteiger partial charge in [0, 0.05) is 11.8 Å². The molecule has 0 heterocycles. The van der Waals surface area contributed by atoms with E-state index in [-0.39, 0.29) is 22.4 Å². The van der Waals surface area contributed by atoms with E-state index in [0.29, 0.717) is 30.6 Å². The minimum atomic E-state index is -1.16. The molecule has 3 saturated carbocycles. The molecule has 6 atom stereocenters. The normalized spacial score (nSPS) is 49.1. The van der Waals surface area contributed by atoms with E-state index in [4.69, 9.17) is 0 Å². The van der Waals surface area contributed by atoms with Crippen molar-refractivity contribution in [2.75, 3.05) is 0 Å². The standard InChI is InChI=1S/C22H30O3/c1-13-11-16-17(20(3)8-5-15(24)12-19(13)20)6-9-21(4)18(16)7-10-22(21,25)14(2)23/h12,16-18,25H,1,5-11H2,2-4H3/t16-,17-,18-,20+,21+,22+/m1/s1. The Morgan fingerprint density at radius 1 is 1.20 bits per heavy atom. The molecule has 3 heteroatoms. The quantitative estimate of drug-likeness (QED) is 0.783. The number of hydrogen-bond acceptors (Lipinski definition) is 3. The van der Waals surface area contributed by atoms with Crippen molar-refractivity contribution in [3.63, 3.8) is 0 Å². The molecule has 25 heavy (non-hydrogen) atoms. The minimum Gasteiger partial charge on any atom is -0.382 e. The van der Waals surface area contributed by atoms with Crippen LogP contribution in [0, 0.1) is 28.6 Å². The summed E-state index contributed by atoms with van der Waals surface area (Å²) in [4.78, 5) is 24.2. The number of hydrogen-bond donors (Lipinski definition) is 1. The number of rotatable bonds is 1. The van der Waals surface area contributed by atoms with Crippen molar-refractivity contribution in [2.24, 2.45) is 28.6 Å². The van der Waals surface area contributed by atoms with Crippen LogP contribution in [-0.2, 0) is 9.59 Å². The van der Waals surface area contributed by atoms with Crippen molar-refractivity contribution in [1.29, 1.82) is 0 Å². The van der Waals surface area contributed by atoms with Crippen LogP contribution in [0.2, 0.25) is 0 Å². The third kappa shape index (κ3) is 2.02. The Hall–Kier alpha value is -1.22. The molecule has 4 aliphatic carbocycles. The van der Waals surface area contributed by atoms with Gasteiger partial charge in [0.15, 0.2) is 11.6 Å². The van der Waals surface area contributed by atoms with E-state index in [2.05, 4.69) is 20.4 Å². The first-order valence-corrected chi connectivity index (χ1v) is 9.80. The first kappa shape index (κ1) is 17.2. The Bertz CT molecular complexity index is 704. The average molecular weight is 342 g/mol. The summed E-state index contributed by atoms with van der Waals surface area (Å²) in [5, 5.41) is 11.2. The highest BCUT2D eigenvalue weighted by Gasteiger charge is 2.65. The van der Waals surface area contributed by atoms with Crippen LogP contribution in [0.5, 0.6) is 0 Å². The highest BCUT2D eigenvalue weighted by atomic mass is 16.3. The maximum Gasteiger partial charge on any atom is 0.161 e. The van der Waals surface area contributed by atoms with Crippen LogP contribution in [0.25, 0.3) is 0 Å². The monoisotopic (exact) mass is 342 g/mol. The molecule has 136 valence electrons. The maximum atomic E-state index is 12.3. The molecule has 3 fully saturated rings. The highest BCUT2D eigenvalue weighted by molar-refractivity contribution is 5.92. The van der Waals surface area contributed by atoms with E-state index < -0.39 is 5.60 Å². The van der Waals surface area contributed by atoms with Crippen LogP contribution < -0.4 is 0 Å². The topological polar surface area (TPSA) is 54.4 Å². The average Bonchev–Trinajstić information content (AvgIpc) is 2.83. The van der Waals surface area contributed by atoms with Crippen LogP contribution in [0.3, 0.4) is 0 Å². The van der Waals surface area contributed by atoms with Gasteiger partial charge in [-0.25, -0.2) is 0 Å². The van der Waals surface area contributed by atoms with Crippen LogP contribution >= 0.6 is 0 Å². The Morgan fingerprint density at radius 2 is 1.88 bits per heavy atom. The van der Waals surface area contributed by atoms with Crippen molar-refractivity contribution >= 4 is 11.6 Å². The van der Waals surface area contributed by atoms with Gasteiger partial charge in [-0.3, -0.25) is 9.59 Å². The summed E-state index contributed by atoms with van der Waals surface area (Å²) in [6, 6.07) is 0. The Morgan fingerprint density at radius 3 is 2.56 bits per heavy atom. The second kappa shape index (κ2) is 5.16. The molecule has 4 aliphatic rings. The van der Waals surface area contributed by atoms with E-state index in [1.54, 1.807) is 6.92 Å². The molecule has 1 N–H and O–H groups in total. The zero-order chi connectivity index (χ0) is 18.2. The fourth-order valence-electron chi connectivity index (χ4n) is 7.16. The lowest BCUT2D eigenvalue weighted by Gasteiger charge is -2.59. The maximum absolute atomic E-state index is 12.3. The second-order valence-electron chi connectivity index (χ2n) is 9.54. The van der Waals surface area contributed by atoms with Crippen molar-refractivity contribution in [2.45, 2.75) is 71.3 Å². The fourth-order valence-corrected chi connectivity index (χ4v) is 7.16. The first-order valence-electron chi connectivity index (χ1n) is 9.80. The highest BCUT2D eigenvalue weighted by Crippen LogP contribution is 2.68. The zero-order valence-corrected chi connectivity index (χ0v) is 15.7. The van der Waals surface area contributed by atoms with E-state index in [1.807, 2.05) is 6.08 Å². The van der Waals surface area contributed by atoms with E-state index in [1.165, 1.54) is 5.57 Å². The van der Waals surface area contributed by atoms with E-state index in [9.17, 15) is 14.7 Å².